The molecule has 0 radical (unpaired) electrons. The molecule has 112 valence electrons. The van der Waals surface area contributed by atoms with Gasteiger partial charge >= 0.3 is 12.0 Å². The average Bonchev–Trinajstić information content (AvgIpc) is 2.34. The van der Waals surface area contributed by atoms with E-state index in [1.165, 1.54) is 4.90 Å². The summed E-state index contributed by atoms with van der Waals surface area (Å²) in [6, 6.07) is -0.348. The van der Waals surface area contributed by atoms with Gasteiger partial charge in [0.05, 0.1) is 6.61 Å². The van der Waals surface area contributed by atoms with Crippen LogP contribution in [0.3, 0.4) is 0 Å². The fourth-order valence-electron chi connectivity index (χ4n) is 1.71. The first-order chi connectivity index (χ1) is 8.84. The highest BCUT2D eigenvalue weighted by molar-refractivity contribution is 5.80. The van der Waals surface area contributed by atoms with Gasteiger partial charge in [0.1, 0.15) is 6.54 Å². The van der Waals surface area contributed by atoms with E-state index in [-0.39, 0.29) is 24.7 Å². The third kappa shape index (κ3) is 5.92. The number of aliphatic carboxylic acids is 1. The van der Waals surface area contributed by atoms with Crippen molar-refractivity contribution in [1.82, 2.24) is 9.80 Å². The van der Waals surface area contributed by atoms with Crippen molar-refractivity contribution < 1.29 is 19.4 Å². The van der Waals surface area contributed by atoms with E-state index in [0.29, 0.717) is 13.2 Å². The molecule has 0 aliphatic heterocycles. The zero-order valence-electron chi connectivity index (χ0n) is 12.5. The number of urea groups is 1. The van der Waals surface area contributed by atoms with Gasteiger partial charge in [-0.1, -0.05) is 6.92 Å². The van der Waals surface area contributed by atoms with Crippen LogP contribution in [-0.4, -0.2) is 65.8 Å². The quantitative estimate of drug-likeness (QED) is 0.730. The number of ether oxygens (including phenoxy) is 1. The number of carboxylic acids is 1. The number of rotatable bonds is 8. The Morgan fingerprint density at radius 2 is 1.79 bits per heavy atom. The van der Waals surface area contributed by atoms with E-state index in [2.05, 4.69) is 0 Å². The normalized spacial score (nSPS) is 12.3. The van der Waals surface area contributed by atoms with Crippen molar-refractivity contribution in [2.45, 2.75) is 46.2 Å². The summed E-state index contributed by atoms with van der Waals surface area (Å²) < 4.78 is 4.99. The van der Waals surface area contributed by atoms with E-state index in [1.54, 1.807) is 12.0 Å². The summed E-state index contributed by atoms with van der Waals surface area (Å²) in [5.41, 5.74) is 0. The predicted octanol–water partition coefficient (Wildman–Crippen LogP) is 1.65. The summed E-state index contributed by atoms with van der Waals surface area (Å²) in [7, 11) is 1.58. The summed E-state index contributed by atoms with van der Waals surface area (Å²) in [5.74, 6) is -0.996. The van der Waals surface area contributed by atoms with Crippen LogP contribution in [0.15, 0.2) is 0 Å². The first-order valence-corrected chi connectivity index (χ1v) is 6.63. The molecule has 1 unspecified atom stereocenters. The van der Waals surface area contributed by atoms with E-state index in [4.69, 9.17) is 9.84 Å². The maximum absolute atomic E-state index is 12.5. The summed E-state index contributed by atoms with van der Waals surface area (Å²) >= 11 is 0. The fourth-order valence-corrected chi connectivity index (χ4v) is 1.71. The van der Waals surface area contributed by atoms with Crippen LogP contribution in [0.2, 0.25) is 0 Å². The second-order valence-electron chi connectivity index (χ2n) is 4.84. The van der Waals surface area contributed by atoms with Crippen LogP contribution in [0.25, 0.3) is 0 Å². The third-order valence-electron chi connectivity index (χ3n) is 3.08. The lowest BCUT2D eigenvalue weighted by Crippen LogP contribution is -2.52. The molecular weight excluding hydrogens is 248 g/mol. The van der Waals surface area contributed by atoms with Gasteiger partial charge in [-0.05, 0) is 27.2 Å². The molecule has 19 heavy (non-hydrogen) atoms. The minimum Gasteiger partial charge on any atom is -0.480 e. The molecule has 0 aromatic rings. The molecule has 0 aliphatic rings. The summed E-state index contributed by atoms with van der Waals surface area (Å²) in [6.07, 6.45) is 0.717. The Morgan fingerprint density at radius 3 is 2.16 bits per heavy atom. The van der Waals surface area contributed by atoms with Gasteiger partial charge in [0.25, 0.3) is 0 Å². The molecule has 0 saturated heterocycles. The lowest BCUT2D eigenvalue weighted by molar-refractivity contribution is -0.138. The van der Waals surface area contributed by atoms with Crippen molar-refractivity contribution in [1.29, 1.82) is 0 Å². The van der Waals surface area contributed by atoms with E-state index in [0.717, 1.165) is 6.42 Å². The van der Waals surface area contributed by atoms with Gasteiger partial charge in [0.2, 0.25) is 0 Å². The van der Waals surface area contributed by atoms with Crippen LogP contribution < -0.4 is 0 Å². The van der Waals surface area contributed by atoms with Crippen LogP contribution in [0.1, 0.15) is 34.1 Å². The maximum Gasteiger partial charge on any atom is 0.323 e. The number of nitrogens with zero attached hydrogens (tertiary/aromatic N) is 2. The molecule has 1 N–H and O–H groups in total. The number of methoxy groups -OCH3 is 1. The average molecular weight is 274 g/mol. The molecule has 6 heteroatoms. The van der Waals surface area contributed by atoms with E-state index >= 15 is 0 Å². The van der Waals surface area contributed by atoms with Crippen molar-refractivity contribution in [3.8, 4) is 0 Å². The second kappa shape index (κ2) is 8.74. The Labute approximate surface area is 115 Å². The smallest absolute Gasteiger partial charge is 0.323 e. The number of carbonyl (C=O) groups is 2. The highest BCUT2D eigenvalue weighted by Gasteiger charge is 2.27. The molecule has 0 spiro atoms. The van der Waals surface area contributed by atoms with Gasteiger partial charge in [-0.15, -0.1) is 0 Å². The first kappa shape index (κ1) is 17.7. The summed E-state index contributed by atoms with van der Waals surface area (Å²) in [4.78, 5) is 26.4. The number of carboxylic acid groups (broad SMARTS) is 1. The van der Waals surface area contributed by atoms with E-state index in [9.17, 15) is 9.59 Å². The van der Waals surface area contributed by atoms with Gasteiger partial charge in [0.15, 0.2) is 0 Å². The number of amides is 2. The minimum atomic E-state index is -0.996. The molecule has 0 rings (SSSR count). The topological polar surface area (TPSA) is 70.1 Å². The van der Waals surface area contributed by atoms with Gasteiger partial charge in [-0.25, -0.2) is 4.79 Å². The molecule has 0 aromatic heterocycles. The van der Waals surface area contributed by atoms with Crippen molar-refractivity contribution >= 4 is 12.0 Å². The van der Waals surface area contributed by atoms with Crippen molar-refractivity contribution in [2.75, 3.05) is 26.8 Å². The van der Waals surface area contributed by atoms with Crippen molar-refractivity contribution in [2.24, 2.45) is 0 Å². The lowest BCUT2D eigenvalue weighted by atomic mass is 10.2. The first-order valence-electron chi connectivity index (χ1n) is 6.63. The van der Waals surface area contributed by atoms with Gasteiger partial charge in [0, 0.05) is 25.7 Å². The van der Waals surface area contributed by atoms with Gasteiger partial charge < -0.3 is 19.6 Å². The third-order valence-corrected chi connectivity index (χ3v) is 3.08. The van der Waals surface area contributed by atoms with Crippen molar-refractivity contribution in [3.63, 3.8) is 0 Å². The van der Waals surface area contributed by atoms with Gasteiger partial charge in [-0.2, -0.15) is 0 Å². The van der Waals surface area contributed by atoms with Crippen LogP contribution in [0.5, 0.6) is 0 Å². The molecule has 0 fully saturated rings. The van der Waals surface area contributed by atoms with E-state index in [1.807, 2.05) is 27.7 Å². The Kier molecular flexibility index (Phi) is 8.14. The molecular formula is C13H26N2O4. The highest BCUT2D eigenvalue weighted by atomic mass is 16.5. The second-order valence-corrected chi connectivity index (χ2v) is 4.84. The van der Waals surface area contributed by atoms with Crippen LogP contribution in [-0.2, 0) is 9.53 Å². The largest absolute Gasteiger partial charge is 0.480 e. The SMILES string of the molecule is CCC(C)N(CC(=O)O)C(=O)N(CCOC)C(C)C. The van der Waals surface area contributed by atoms with Crippen molar-refractivity contribution in [3.05, 3.63) is 0 Å². The zero-order valence-corrected chi connectivity index (χ0v) is 12.5. The van der Waals surface area contributed by atoms with Crippen LogP contribution >= 0.6 is 0 Å². The highest BCUT2D eigenvalue weighted by Crippen LogP contribution is 2.10. The zero-order chi connectivity index (χ0) is 15.0. The Morgan fingerprint density at radius 1 is 1.21 bits per heavy atom. The molecule has 0 saturated carbocycles. The molecule has 0 bridgehead atoms. The Bertz CT molecular complexity index is 294. The molecule has 6 nitrogen and oxygen atoms in total. The van der Waals surface area contributed by atoms with Crippen LogP contribution in [0, 0.1) is 0 Å². The maximum atomic E-state index is 12.5. The lowest BCUT2D eigenvalue weighted by Gasteiger charge is -2.35. The summed E-state index contributed by atoms with van der Waals surface area (Å²) in [6.45, 7) is 8.22. The predicted molar refractivity (Wildman–Crippen MR) is 73.2 cm³/mol. The number of hydrogen-bond acceptors (Lipinski definition) is 3. The molecule has 0 aromatic carbocycles. The number of carbonyl (C=O) groups excluding carboxylic acids is 1. The number of hydrogen-bond donors (Lipinski definition) is 1. The van der Waals surface area contributed by atoms with Gasteiger partial charge in [-0.3, -0.25) is 4.79 Å². The molecule has 0 heterocycles. The van der Waals surface area contributed by atoms with Crippen LogP contribution in [0.4, 0.5) is 4.79 Å². The Hall–Kier alpha value is -1.30. The minimum absolute atomic E-state index is 0.00278. The summed E-state index contributed by atoms with van der Waals surface area (Å²) in [5, 5.41) is 8.94. The molecule has 0 aliphatic carbocycles. The molecule has 2 amide bonds. The monoisotopic (exact) mass is 274 g/mol. The standard InChI is InChI=1S/C13H26N2O4/c1-6-11(4)15(9-12(16)17)13(18)14(10(2)3)7-8-19-5/h10-11H,6-9H2,1-5H3,(H,16,17). The van der Waals surface area contributed by atoms with E-state index < -0.39 is 5.97 Å². The Balaban J connectivity index is 4.94. The fraction of sp³-hybridized carbons (Fsp3) is 0.846. The molecule has 1 atom stereocenters.